The molecule has 3 rings (SSSR count). The SMILES string of the molecule is CCCCc1c[n+]2c(cn1)N=C(c1ccccc1)O[B-]2(F)F. The van der Waals surface area contributed by atoms with Gasteiger partial charge in [0, 0.05) is 0 Å². The maximum Gasteiger partial charge on any atom is 0.736 e. The van der Waals surface area contributed by atoms with Crippen LogP contribution in [-0.2, 0) is 11.1 Å². The Bertz CT molecular complexity index is 707. The van der Waals surface area contributed by atoms with E-state index >= 15 is 0 Å². The number of hydrogen-bond donors (Lipinski definition) is 0. The Morgan fingerprint density at radius 2 is 2.00 bits per heavy atom. The molecule has 0 radical (unpaired) electrons. The molecule has 0 spiro atoms. The molecular weight excluding hydrogens is 287 g/mol. The first-order valence-electron chi connectivity index (χ1n) is 7.34. The van der Waals surface area contributed by atoms with E-state index in [1.807, 2.05) is 6.92 Å². The van der Waals surface area contributed by atoms with Crippen molar-refractivity contribution in [1.82, 2.24) is 4.98 Å². The van der Waals surface area contributed by atoms with E-state index in [-0.39, 0.29) is 11.7 Å². The quantitative estimate of drug-likeness (QED) is 0.814. The van der Waals surface area contributed by atoms with Crippen LogP contribution in [0.5, 0.6) is 0 Å². The van der Waals surface area contributed by atoms with Gasteiger partial charge in [0.25, 0.3) is 5.90 Å². The molecule has 22 heavy (non-hydrogen) atoms. The van der Waals surface area contributed by atoms with Gasteiger partial charge in [-0.2, -0.15) is 0 Å². The van der Waals surface area contributed by atoms with Crippen LogP contribution < -0.4 is 4.48 Å². The Morgan fingerprint density at radius 3 is 2.73 bits per heavy atom. The van der Waals surface area contributed by atoms with E-state index in [4.69, 9.17) is 4.65 Å². The van der Waals surface area contributed by atoms with Crippen LogP contribution in [0.4, 0.5) is 14.4 Å². The van der Waals surface area contributed by atoms with Crippen molar-refractivity contribution in [3.8, 4) is 0 Å². The fourth-order valence-electron chi connectivity index (χ4n) is 2.32. The Morgan fingerprint density at radius 1 is 1.23 bits per heavy atom. The lowest BCUT2D eigenvalue weighted by Crippen LogP contribution is -2.63. The minimum atomic E-state index is -4.20. The summed E-state index contributed by atoms with van der Waals surface area (Å²) in [5.74, 6) is 0.0315. The highest BCUT2D eigenvalue weighted by atomic mass is 19.3. The molecule has 2 heterocycles. The molecule has 1 aliphatic heterocycles. The molecule has 0 amide bonds. The van der Waals surface area contributed by atoms with Crippen LogP contribution >= 0.6 is 0 Å². The van der Waals surface area contributed by atoms with Crippen LogP contribution in [0.3, 0.4) is 0 Å². The largest absolute Gasteiger partial charge is 0.736 e. The summed E-state index contributed by atoms with van der Waals surface area (Å²) >= 11 is 0. The average Bonchev–Trinajstić information content (AvgIpc) is 2.53. The van der Waals surface area contributed by atoms with Crippen molar-refractivity contribution in [2.75, 3.05) is 0 Å². The zero-order chi connectivity index (χ0) is 15.6. The summed E-state index contributed by atoms with van der Waals surface area (Å²) in [6.45, 7) is 2.05. The number of fused-ring (bicyclic) bond motifs is 1. The van der Waals surface area contributed by atoms with Crippen molar-refractivity contribution in [2.45, 2.75) is 26.2 Å². The fourth-order valence-corrected chi connectivity index (χ4v) is 2.32. The second-order valence-corrected chi connectivity index (χ2v) is 5.21. The normalized spacial score (nSPS) is 15.7. The summed E-state index contributed by atoms with van der Waals surface area (Å²) in [7, 11) is -4.20. The molecule has 1 aromatic heterocycles. The van der Waals surface area contributed by atoms with Crippen LogP contribution in [0, 0.1) is 0 Å². The number of hydrogen-bond acceptors (Lipinski definition) is 3. The van der Waals surface area contributed by atoms with Gasteiger partial charge in [-0.3, -0.25) is 0 Å². The topological polar surface area (TPSA) is 38.4 Å². The number of unbranched alkanes of at least 4 members (excludes halogenated alkanes) is 1. The van der Waals surface area contributed by atoms with Gasteiger partial charge >= 0.3 is 12.9 Å². The average molecular weight is 303 g/mol. The van der Waals surface area contributed by atoms with E-state index < -0.39 is 7.04 Å². The standard InChI is InChI=1S/C15H16BF2N3O/c1-2-3-9-13-11-21-14(10-19-13)20-15(22-16(21,17)18)12-7-5-4-6-8-12/h4-8,10-11H,2-3,9H2,1H3. The lowest BCUT2D eigenvalue weighted by Gasteiger charge is -2.27. The molecule has 0 saturated carbocycles. The van der Waals surface area contributed by atoms with Gasteiger partial charge in [0.15, 0.2) is 0 Å². The van der Waals surface area contributed by atoms with Gasteiger partial charge in [-0.1, -0.05) is 31.5 Å². The Hall–Kier alpha value is -2.31. The Kier molecular flexibility index (Phi) is 3.87. The van der Waals surface area contributed by atoms with Gasteiger partial charge in [-0.15, -0.1) is 0 Å². The predicted molar refractivity (Wildman–Crippen MR) is 80.1 cm³/mol. The molecule has 0 saturated heterocycles. The number of nitrogens with zero attached hydrogens (tertiary/aromatic N) is 3. The number of aliphatic imine (C=N–C) groups is 1. The molecule has 2 aromatic rings. The summed E-state index contributed by atoms with van der Waals surface area (Å²) in [5.41, 5.74) is 1.14. The smallest absolute Gasteiger partial charge is 0.590 e. The summed E-state index contributed by atoms with van der Waals surface area (Å²) in [6, 6.07) is 8.68. The fraction of sp³-hybridized carbons (Fsp3) is 0.267. The molecule has 7 heteroatoms. The van der Waals surface area contributed by atoms with Gasteiger partial charge in [-0.25, -0.2) is 4.98 Å². The number of halogens is 2. The van der Waals surface area contributed by atoms with Crippen molar-refractivity contribution in [2.24, 2.45) is 4.99 Å². The van der Waals surface area contributed by atoms with Crippen molar-refractivity contribution < 1.29 is 17.8 Å². The summed E-state index contributed by atoms with van der Waals surface area (Å²) in [4.78, 5) is 8.38. The van der Waals surface area contributed by atoms with Crippen LogP contribution in [0.1, 0.15) is 31.0 Å². The molecule has 0 atom stereocenters. The summed E-state index contributed by atoms with van der Waals surface area (Å²) < 4.78 is 34.3. The summed E-state index contributed by atoms with van der Waals surface area (Å²) in [6.07, 6.45) is 5.28. The van der Waals surface area contributed by atoms with Gasteiger partial charge in [0.1, 0.15) is 6.20 Å². The number of aryl methyl sites for hydroxylation is 1. The second kappa shape index (κ2) is 5.83. The van der Waals surface area contributed by atoms with Crippen molar-refractivity contribution in [3.63, 3.8) is 0 Å². The maximum absolute atomic E-state index is 14.3. The molecule has 0 unspecified atom stereocenters. The van der Waals surface area contributed by atoms with E-state index in [1.165, 1.54) is 12.4 Å². The minimum Gasteiger partial charge on any atom is -0.590 e. The van der Waals surface area contributed by atoms with Crippen LogP contribution in [-0.4, -0.2) is 17.9 Å². The predicted octanol–water partition coefficient (Wildman–Crippen LogP) is 3.04. The Balaban J connectivity index is 2.00. The third kappa shape index (κ3) is 2.84. The molecule has 0 aliphatic carbocycles. The second-order valence-electron chi connectivity index (χ2n) is 5.21. The highest BCUT2D eigenvalue weighted by Gasteiger charge is 2.46. The van der Waals surface area contributed by atoms with E-state index in [0.717, 1.165) is 17.3 Å². The van der Waals surface area contributed by atoms with Gasteiger partial charge in [0.2, 0.25) is 0 Å². The van der Waals surface area contributed by atoms with E-state index in [9.17, 15) is 8.63 Å². The van der Waals surface area contributed by atoms with Gasteiger partial charge < -0.3 is 17.8 Å². The third-order valence-electron chi connectivity index (χ3n) is 3.50. The highest BCUT2D eigenvalue weighted by molar-refractivity contribution is 6.53. The zero-order valence-corrected chi connectivity index (χ0v) is 12.2. The number of aromatic nitrogens is 2. The van der Waals surface area contributed by atoms with Crippen LogP contribution in [0.15, 0.2) is 47.7 Å². The van der Waals surface area contributed by atoms with E-state index in [0.29, 0.717) is 17.7 Å². The molecule has 114 valence electrons. The number of rotatable bonds is 4. The number of benzene rings is 1. The Labute approximate surface area is 127 Å². The van der Waals surface area contributed by atoms with Crippen LogP contribution in [0.2, 0.25) is 0 Å². The van der Waals surface area contributed by atoms with Gasteiger partial charge in [-0.05, 0) is 30.0 Å². The highest BCUT2D eigenvalue weighted by Crippen LogP contribution is 2.21. The van der Waals surface area contributed by atoms with Crippen molar-refractivity contribution >= 4 is 18.8 Å². The maximum atomic E-state index is 14.3. The first-order valence-corrected chi connectivity index (χ1v) is 7.34. The first kappa shape index (κ1) is 14.6. The van der Waals surface area contributed by atoms with Crippen LogP contribution in [0.25, 0.3) is 0 Å². The first-order chi connectivity index (χ1) is 10.6. The van der Waals surface area contributed by atoms with E-state index in [2.05, 4.69) is 9.98 Å². The molecule has 0 fully saturated rings. The zero-order valence-electron chi connectivity index (χ0n) is 12.2. The van der Waals surface area contributed by atoms with Crippen molar-refractivity contribution in [1.29, 1.82) is 0 Å². The molecule has 0 N–H and O–H groups in total. The molecule has 0 bridgehead atoms. The molecule has 1 aromatic carbocycles. The molecule has 1 aliphatic rings. The summed E-state index contributed by atoms with van der Waals surface area (Å²) in [5, 5.41) is 0. The monoisotopic (exact) mass is 303 g/mol. The lowest BCUT2D eigenvalue weighted by atomic mass is 10.0. The lowest BCUT2D eigenvalue weighted by molar-refractivity contribution is -0.569. The molecule has 4 nitrogen and oxygen atoms in total. The van der Waals surface area contributed by atoms with Gasteiger partial charge in [0.05, 0.1) is 17.5 Å². The third-order valence-corrected chi connectivity index (χ3v) is 3.50. The minimum absolute atomic E-state index is 0.0753. The molecular formula is C15H16BF2N3O. The van der Waals surface area contributed by atoms with E-state index in [1.54, 1.807) is 30.3 Å². The van der Waals surface area contributed by atoms with Crippen molar-refractivity contribution in [3.05, 3.63) is 54.0 Å².